The molecular formula is C30H36. The van der Waals surface area contributed by atoms with Gasteiger partial charge in [0.05, 0.1) is 0 Å². The molecule has 0 saturated carbocycles. The molecule has 0 spiro atoms. The molecule has 0 bridgehead atoms. The average molecular weight is 397 g/mol. The van der Waals surface area contributed by atoms with Crippen molar-refractivity contribution in [2.45, 2.75) is 77.6 Å². The van der Waals surface area contributed by atoms with E-state index in [9.17, 15) is 0 Å². The number of hydrogen-bond acceptors (Lipinski definition) is 0. The lowest BCUT2D eigenvalue weighted by molar-refractivity contribution is 0.609. The molecule has 0 fully saturated rings. The second-order valence-corrected chi connectivity index (χ2v) is 9.25. The molecule has 0 aromatic heterocycles. The van der Waals surface area contributed by atoms with Gasteiger partial charge < -0.3 is 0 Å². The first-order valence-corrected chi connectivity index (χ1v) is 11.9. The summed E-state index contributed by atoms with van der Waals surface area (Å²) in [6, 6.07) is 14.0. The third kappa shape index (κ3) is 4.38. The topological polar surface area (TPSA) is 0 Å². The molecule has 0 saturated heterocycles. The molecule has 2 aliphatic rings. The molecule has 0 heterocycles. The molecule has 2 aromatic carbocycles. The summed E-state index contributed by atoms with van der Waals surface area (Å²) in [7, 11) is 0. The third-order valence-corrected chi connectivity index (χ3v) is 7.09. The number of rotatable bonds is 8. The van der Waals surface area contributed by atoms with Crippen LogP contribution in [-0.2, 0) is 19.3 Å². The minimum Gasteiger partial charge on any atom is -0.0955 e. The highest BCUT2D eigenvalue weighted by Crippen LogP contribution is 2.38. The van der Waals surface area contributed by atoms with Crippen LogP contribution in [0.5, 0.6) is 0 Å². The fourth-order valence-corrected chi connectivity index (χ4v) is 5.19. The zero-order valence-corrected chi connectivity index (χ0v) is 18.9. The predicted octanol–water partition coefficient (Wildman–Crippen LogP) is 8.46. The second-order valence-electron chi connectivity index (χ2n) is 9.25. The molecule has 0 amide bonds. The van der Waals surface area contributed by atoms with Gasteiger partial charge in [-0.25, -0.2) is 0 Å². The molecule has 30 heavy (non-hydrogen) atoms. The number of hydrogen-bond donors (Lipinski definition) is 0. The molecule has 0 heteroatoms. The SMILES string of the molecule is C=C(C[C@H](CCC)c1cccc(C(=C)CC)c1)C1=Cc2cc3c(cc2C1)CCCC3. The van der Waals surface area contributed by atoms with Gasteiger partial charge in [0.15, 0.2) is 0 Å². The Bertz CT molecular complexity index is 985. The van der Waals surface area contributed by atoms with Crippen LogP contribution in [0.25, 0.3) is 11.6 Å². The van der Waals surface area contributed by atoms with Gasteiger partial charge in [0, 0.05) is 0 Å². The van der Waals surface area contributed by atoms with Crippen LogP contribution in [0.4, 0.5) is 0 Å². The van der Waals surface area contributed by atoms with E-state index in [1.165, 1.54) is 77.5 Å². The molecule has 0 radical (unpaired) electrons. The lowest BCUT2D eigenvalue weighted by Gasteiger charge is -2.20. The fraction of sp³-hybridized carbons (Fsp3) is 0.400. The smallest absolute Gasteiger partial charge is 0.00170 e. The predicted molar refractivity (Wildman–Crippen MR) is 132 cm³/mol. The van der Waals surface area contributed by atoms with Crippen molar-refractivity contribution >= 4 is 11.6 Å². The normalized spacial score (nSPS) is 15.9. The van der Waals surface area contributed by atoms with Gasteiger partial charge in [-0.05, 0) is 102 Å². The van der Waals surface area contributed by atoms with Crippen molar-refractivity contribution in [3.05, 3.63) is 94.1 Å². The number of fused-ring (bicyclic) bond motifs is 2. The summed E-state index contributed by atoms with van der Waals surface area (Å²) in [6.07, 6.45) is 13.1. The van der Waals surface area contributed by atoms with Crippen molar-refractivity contribution < 1.29 is 0 Å². The largest absolute Gasteiger partial charge is 0.0955 e. The van der Waals surface area contributed by atoms with E-state index >= 15 is 0 Å². The van der Waals surface area contributed by atoms with Gasteiger partial charge in [0.25, 0.3) is 0 Å². The monoisotopic (exact) mass is 396 g/mol. The van der Waals surface area contributed by atoms with Gasteiger partial charge in [-0.15, -0.1) is 0 Å². The van der Waals surface area contributed by atoms with Gasteiger partial charge in [0.2, 0.25) is 0 Å². The van der Waals surface area contributed by atoms with Crippen LogP contribution in [0.1, 0.15) is 91.7 Å². The molecule has 2 aliphatic carbocycles. The lowest BCUT2D eigenvalue weighted by atomic mass is 9.85. The van der Waals surface area contributed by atoms with Crippen LogP contribution in [0.15, 0.2) is 60.7 Å². The van der Waals surface area contributed by atoms with Crippen molar-refractivity contribution in [3.63, 3.8) is 0 Å². The molecule has 2 aromatic rings. The Morgan fingerprint density at radius 3 is 2.43 bits per heavy atom. The van der Waals surface area contributed by atoms with Crippen LogP contribution < -0.4 is 0 Å². The van der Waals surface area contributed by atoms with Crippen molar-refractivity contribution in [3.8, 4) is 0 Å². The Morgan fingerprint density at radius 1 is 0.933 bits per heavy atom. The van der Waals surface area contributed by atoms with E-state index in [-0.39, 0.29) is 0 Å². The lowest BCUT2D eigenvalue weighted by Crippen LogP contribution is -2.04. The van der Waals surface area contributed by atoms with Gasteiger partial charge >= 0.3 is 0 Å². The van der Waals surface area contributed by atoms with E-state index in [1.54, 1.807) is 11.1 Å². The first-order valence-electron chi connectivity index (χ1n) is 11.9. The summed E-state index contributed by atoms with van der Waals surface area (Å²) < 4.78 is 0. The van der Waals surface area contributed by atoms with Crippen LogP contribution in [0.2, 0.25) is 0 Å². The van der Waals surface area contributed by atoms with Crippen molar-refractivity contribution in [1.29, 1.82) is 0 Å². The summed E-state index contributed by atoms with van der Waals surface area (Å²) in [5, 5.41) is 0. The van der Waals surface area contributed by atoms with Crippen molar-refractivity contribution in [1.82, 2.24) is 0 Å². The quantitative estimate of drug-likeness (QED) is 0.420. The van der Waals surface area contributed by atoms with Crippen LogP contribution in [0.3, 0.4) is 0 Å². The average Bonchev–Trinajstić information content (AvgIpc) is 3.19. The number of allylic oxidation sites excluding steroid dienone is 3. The summed E-state index contributed by atoms with van der Waals surface area (Å²) in [5.41, 5.74) is 12.9. The summed E-state index contributed by atoms with van der Waals surface area (Å²) >= 11 is 0. The maximum atomic E-state index is 4.55. The minimum absolute atomic E-state index is 0.532. The number of benzene rings is 2. The first-order chi connectivity index (χ1) is 14.6. The Morgan fingerprint density at radius 2 is 1.70 bits per heavy atom. The van der Waals surface area contributed by atoms with E-state index in [2.05, 4.69) is 69.5 Å². The molecule has 1 atom stereocenters. The number of aryl methyl sites for hydroxylation is 2. The molecular weight excluding hydrogens is 360 g/mol. The van der Waals surface area contributed by atoms with Crippen molar-refractivity contribution in [2.24, 2.45) is 0 Å². The Kier molecular flexibility index (Phi) is 6.42. The third-order valence-electron chi connectivity index (χ3n) is 7.09. The van der Waals surface area contributed by atoms with Crippen LogP contribution in [-0.4, -0.2) is 0 Å². The molecule has 156 valence electrons. The highest BCUT2D eigenvalue weighted by atomic mass is 14.3. The van der Waals surface area contributed by atoms with Gasteiger partial charge in [0.1, 0.15) is 0 Å². The van der Waals surface area contributed by atoms with E-state index in [1.807, 2.05) is 0 Å². The van der Waals surface area contributed by atoms with Gasteiger partial charge in [-0.2, -0.15) is 0 Å². The van der Waals surface area contributed by atoms with Crippen molar-refractivity contribution in [2.75, 3.05) is 0 Å². The van der Waals surface area contributed by atoms with Crippen LogP contribution in [0, 0.1) is 0 Å². The van der Waals surface area contributed by atoms with E-state index in [0.29, 0.717) is 5.92 Å². The molecule has 0 aliphatic heterocycles. The van der Waals surface area contributed by atoms with E-state index in [4.69, 9.17) is 0 Å². The standard InChI is InChI=1S/C30H36/c1-5-10-24(27-14-9-13-23(16-27)21(3)6-2)15-22(4)28-19-29-17-25-11-7-8-12-26(25)18-30(29)20-28/h9,13-14,16-19,24H,3-8,10-12,15,20H2,1-2H3/t24-/m0/s1. The van der Waals surface area contributed by atoms with E-state index in [0.717, 1.165) is 19.3 Å². The Hall–Kier alpha value is -2.34. The first kappa shape index (κ1) is 20.9. The Balaban J connectivity index is 1.52. The molecule has 0 N–H and O–H groups in total. The molecule has 0 nitrogen and oxygen atoms in total. The van der Waals surface area contributed by atoms with Crippen LogP contribution >= 0.6 is 0 Å². The zero-order valence-electron chi connectivity index (χ0n) is 18.9. The summed E-state index contributed by atoms with van der Waals surface area (Å²) in [6.45, 7) is 13.3. The highest BCUT2D eigenvalue weighted by Gasteiger charge is 2.21. The zero-order chi connectivity index (χ0) is 21.1. The maximum Gasteiger partial charge on any atom is -0.00170 e. The minimum atomic E-state index is 0.532. The fourth-order valence-electron chi connectivity index (χ4n) is 5.19. The highest BCUT2D eigenvalue weighted by molar-refractivity contribution is 5.70. The summed E-state index contributed by atoms with van der Waals surface area (Å²) in [5.74, 6) is 0.532. The molecule has 4 rings (SSSR count). The second kappa shape index (κ2) is 9.21. The van der Waals surface area contributed by atoms with Gasteiger partial charge in [-0.3, -0.25) is 0 Å². The summed E-state index contributed by atoms with van der Waals surface area (Å²) in [4.78, 5) is 0. The van der Waals surface area contributed by atoms with Gasteiger partial charge in [-0.1, -0.05) is 81.5 Å². The maximum absolute atomic E-state index is 4.55. The Labute approximate surface area is 183 Å². The molecule has 0 unspecified atom stereocenters. The van der Waals surface area contributed by atoms with E-state index < -0.39 is 0 Å².